The quantitative estimate of drug-likeness (QED) is 0.314. The van der Waals surface area contributed by atoms with Gasteiger partial charge in [0.1, 0.15) is 0 Å². The van der Waals surface area contributed by atoms with Crippen LogP contribution >= 0.6 is 0 Å². The minimum atomic E-state index is -4.38. The number of alkyl halides is 2. The zero-order valence-electron chi connectivity index (χ0n) is 18.6. The van der Waals surface area contributed by atoms with Crippen LogP contribution < -0.4 is 14.7 Å². The van der Waals surface area contributed by atoms with Gasteiger partial charge in [0.15, 0.2) is 0 Å². The number of nitrogens with zero attached hydrogens (tertiary/aromatic N) is 4. The SMILES string of the molecule is Cn1cc(N(CCNCC(F)F)S(=O)(=O)/N=C(\[O-])Cc2c3c(cc4c2CCC4)CCC3)cn1. The van der Waals surface area contributed by atoms with E-state index in [0.29, 0.717) is 0 Å². The standard InChI is InChI=1S/C22H29F2N5O3S/c1-28-14-17(12-26-28)29(9-8-25-13-21(23)24)33(31,32)27-22(30)11-20-18-6-2-4-15(18)10-16-5-3-7-19(16)20/h10,12,14,21,25H,2-9,11,13H2,1H3,(H,27,30)/p-1. The number of hydrogen-bond donors (Lipinski definition) is 1. The van der Waals surface area contributed by atoms with E-state index in [9.17, 15) is 22.3 Å². The monoisotopic (exact) mass is 480 g/mol. The Hall–Kier alpha value is -2.53. The Morgan fingerprint density at radius 1 is 1.24 bits per heavy atom. The van der Waals surface area contributed by atoms with E-state index in [1.54, 1.807) is 7.05 Å². The molecule has 0 amide bonds. The zero-order chi connectivity index (χ0) is 23.6. The summed E-state index contributed by atoms with van der Waals surface area (Å²) in [5.41, 5.74) is 6.06. The fraction of sp³-hybridized carbons (Fsp3) is 0.545. The Morgan fingerprint density at radius 3 is 2.48 bits per heavy atom. The predicted octanol–water partition coefficient (Wildman–Crippen LogP) is 1.30. The number of benzene rings is 1. The number of rotatable bonds is 10. The first kappa shape index (κ1) is 23.6. The van der Waals surface area contributed by atoms with Crippen LogP contribution in [0.1, 0.15) is 40.7 Å². The molecule has 2 aliphatic rings. The fourth-order valence-corrected chi connectivity index (χ4v) is 5.92. The second-order valence-electron chi connectivity index (χ2n) is 8.52. The van der Waals surface area contributed by atoms with E-state index in [4.69, 9.17) is 0 Å². The number of anilines is 1. The normalized spacial score (nSPS) is 15.8. The Labute approximate surface area is 192 Å². The molecular formula is C22H28F2N5O3S-. The van der Waals surface area contributed by atoms with Crippen molar-refractivity contribution in [1.29, 1.82) is 0 Å². The Morgan fingerprint density at radius 2 is 1.91 bits per heavy atom. The summed E-state index contributed by atoms with van der Waals surface area (Å²) in [5, 5.41) is 19.4. The topological polar surface area (TPSA) is 103 Å². The van der Waals surface area contributed by atoms with Gasteiger partial charge < -0.3 is 10.4 Å². The van der Waals surface area contributed by atoms with Gasteiger partial charge in [0.25, 0.3) is 6.43 Å². The van der Waals surface area contributed by atoms with Gasteiger partial charge in [-0.1, -0.05) is 6.07 Å². The number of aromatic nitrogens is 2. The van der Waals surface area contributed by atoms with E-state index in [2.05, 4.69) is 20.9 Å². The third-order valence-electron chi connectivity index (χ3n) is 6.19. The molecule has 0 aliphatic heterocycles. The van der Waals surface area contributed by atoms with Gasteiger partial charge in [0, 0.05) is 32.8 Å². The lowest BCUT2D eigenvalue weighted by Crippen LogP contribution is -2.38. The second-order valence-corrected chi connectivity index (χ2v) is 10.0. The van der Waals surface area contributed by atoms with Crippen molar-refractivity contribution in [1.82, 2.24) is 15.1 Å². The Kier molecular flexibility index (Phi) is 6.99. The third kappa shape index (κ3) is 5.35. The highest BCUT2D eigenvalue weighted by Crippen LogP contribution is 2.35. The van der Waals surface area contributed by atoms with Crippen LogP contribution in [0.5, 0.6) is 0 Å². The molecule has 0 fully saturated rings. The number of hydrogen-bond acceptors (Lipinski definition) is 5. The maximum absolute atomic E-state index is 13.1. The maximum atomic E-state index is 13.1. The lowest BCUT2D eigenvalue weighted by Gasteiger charge is -2.23. The molecule has 1 aromatic carbocycles. The van der Waals surface area contributed by atoms with E-state index in [-0.39, 0.29) is 25.2 Å². The smallest absolute Gasteiger partial charge is 0.343 e. The van der Waals surface area contributed by atoms with Crippen LogP contribution in [0.15, 0.2) is 22.9 Å². The summed E-state index contributed by atoms with van der Waals surface area (Å²) in [6.45, 7) is -0.739. The van der Waals surface area contributed by atoms with Gasteiger partial charge in [-0.25, -0.2) is 13.1 Å². The van der Waals surface area contributed by atoms with Gasteiger partial charge in [-0.15, -0.1) is 0 Å². The van der Waals surface area contributed by atoms with Crippen LogP contribution in [0.3, 0.4) is 0 Å². The molecule has 0 atom stereocenters. The van der Waals surface area contributed by atoms with Crippen LogP contribution in [-0.2, 0) is 49.4 Å². The minimum absolute atomic E-state index is 0.0259. The summed E-state index contributed by atoms with van der Waals surface area (Å²) < 4.78 is 56.9. The molecule has 2 aliphatic carbocycles. The van der Waals surface area contributed by atoms with Gasteiger partial charge in [-0.05, 0) is 72.2 Å². The Balaban J connectivity index is 1.58. The summed E-state index contributed by atoms with van der Waals surface area (Å²) in [6.07, 6.45) is 6.06. The molecule has 2 aromatic rings. The number of aryl methyl sites for hydroxylation is 3. The van der Waals surface area contributed by atoms with E-state index >= 15 is 0 Å². The molecular weight excluding hydrogens is 452 g/mol. The fourth-order valence-electron chi connectivity index (χ4n) is 4.82. The molecule has 0 spiro atoms. The van der Waals surface area contributed by atoms with Crippen molar-refractivity contribution in [3.63, 3.8) is 0 Å². The molecule has 4 rings (SSSR count). The van der Waals surface area contributed by atoms with E-state index in [1.807, 2.05) is 0 Å². The lowest BCUT2D eigenvalue weighted by atomic mass is 9.92. The van der Waals surface area contributed by atoms with E-state index < -0.39 is 29.1 Å². The predicted molar refractivity (Wildman–Crippen MR) is 120 cm³/mol. The number of halogens is 2. The largest absolute Gasteiger partial charge is 0.861 e. The van der Waals surface area contributed by atoms with Crippen LogP contribution in [0.2, 0.25) is 0 Å². The van der Waals surface area contributed by atoms with Crippen molar-refractivity contribution in [3.05, 3.63) is 46.3 Å². The maximum Gasteiger partial charge on any atom is 0.343 e. The van der Waals surface area contributed by atoms with Crippen molar-refractivity contribution < 1.29 is 22.3 Å². The van der Waals surface area contributed by atoms with Crippen molar-refractivity contribution in [2.24, 2.45) is 11.4 Å². The summed E-state index contributed by atoms with van der Waals surface area (Å²) in [5.74, 6) is -0.723. The van der Waals surface area contributed by atoms with Crippen LogP contribution in [0.25, 0.3) is 0 Å². The second kappa shape index (κ2) is 9.76. The first-order valence-corrected chi connectivity index (χ1v) is 12.6. The molecule has 1 aromatic heterocycles. The minimum Gasteiger partial charge on any atom is -0.861 e. The average molecular weight is 481 g/mol. The molecule has 33 heavy (non-hydrogen) atoms. The zero-order valence-corrected chi connectivity index (χ0v) is 19.4. The first-order valence-electron chi connectivity index (χ1n) is 11.2. The third-order valence-corrected chi connectivity index (χ3v) is 7.58. The molecule has 0 saturated carbocycles. The summed E-state index contributed by atoms with van der Waals surface area (Å²) >= 11 is 0. The average Bonchev–Trinajstić information content (AvgIpc) is 3.47. The van der Waals surface area contributed by atoms with Gasteiger partial charge in [-0.3, -0.25) is 4.68 Å². The number of nitrogens with one attached hydrogen (secondary N) is 1. The Bertz CT molecular complexity index is 1110. The van der Waals surface area contributed by atoms with Crippen LogP contribution in [-0.4, -0.2) is 50.2 Å². The molecule has 1 N–H and O–H groups in total. The van der Waals surface area contributed by atoms with Crippen molar-refractivity contribution >= 4 is 21.8 Å². The molecule has 0 unspecified atom stereocenters. The molecule has 0 bridgehead atoms. The van der Waals surface area contributed by atoms with Crippen LogP contribution in [0.4, 0.5) is 14.5 Å². The summed E-state index contributed by atoms with van der Waals surface area (Å²) in [7, 11) is -2.76. The first-order chi connectivity index (χ1) is 15.7. The molecule has 8 nitrogen and oxygen atoms in total. The van der Waals surface area contributed by atoms with E-state index in [0.717, 1.165) is 48.4 Å². The van der Waals surface area contributed by atoms with E-state index in [1.165, 1.54) is 39.3 Å². The van der Waals surface area contributed by atoms with Crippen LogP contribution in [0, 0.1) is 0 Å². The van der Waals surface area contributed by atoms with Gasteiger partial charge in [0.2, 0.25) is 0 Å². The highest BCUT2D eigenvalue weighted by molar-refractivity contribution is 7.91. The highest BCUT2D eigenvalue weighted by atomic mass is 32.2. The van der Waals surface area contributed by atoms with Gasteiger partial charge in [0.05, 0.1) is 18.4 Å². The molecule has 0 radical (unpaired) electrons. The molecule has 1 heterocycles. The molecule has 180 valence electrons. The highest BCUT2D eigenvalue weighted by Gasteiger charge is 2.25. The van der Waals surface area contributed by atoms with Crippen molar-refractivity contribution in [2.75, 3.05) is 23.9 Å². The summed E-state index contributed by atoms with van der Waals surface area (Å²) in [4.78, 5) is 0. The van der Waals surface area contributed by atoms with Gasteiger partial charge in [-0.2, -0.15) is 17.9 Å². The lowest BCUT2D eigenvalue weighted by molar-refractivity contribution is -0.217. The van der Waals surface area contributed by atoms with Crippen molar-refractivity contribution in [2.45, 2.75) is 51.4 Å². The number of fused-ring (bicyclic) bond motifs is 2. The molecule has 0 saturated heterocycles. The summed E-state index contributed by atoms with van der Waals surface area (Å²) in [6, 6.07) is 2.25. The van der Waals surface area contributed by atoms with Crippen molar-refractivity contribution in [3.8, 4) is 0 Å². The van der Waals surface area contributed by atoms with Gasteiger partial charge >= 0.3 is 10.2 Å². The molecule has 11 heteroatoms.